The number of nitrogens with one attached hydrogen (secondary N) is 1. The van der Waals surface area contributed by atoms with E-state index in [1.54, 1.807) is 12.2 Å². The van der Waals surface area contributed by atoms with E-state index in [-0.39, 0.29) is 5.78 Å². The fraction of sp³-hybridized carbons (Fsp3) is 0.219. The number of hydrogen-bond acceptors (Lipinski definition) is 2. The van der Waals surface area contributed by atoms with Crippen molar-refractivity contribution < 1.29 is 4.79 Å². The smallest absolute Gasteiger partial charge is 0.204 e. The first-order valence-electron chi connectivity index (χ1n) is 12.3. The van der Waals surface area contributed by atoms with E-state index in [0.717, 1.165) is 34.5 Å². The van der Waals surface area contributed by atoms with Crippen LogP contribution in [0.2, 0.25) is 0 Å². The molecule has 35 heavy (non-hydrogen) atoms. The molecular weight excluding hydrogens is 428 g/mol. The number of carbonyl (C=O) groups excluding carboxylic acids is 1. The summed E-state index contributed by atoms with van der Waals surface area (Å²) >= 11 is 0. The highest BCUT2D eigenvalue weighted by molar-refractivity contribution is 6.50. The molecule has 3 heteroatoms. The van der Waals surface area contributed by atoms with Gasteiger partial charge in [-0.1, -0.05) is 43.5 Å². The number of carbonyl (C=O) groups is 1. The van der Waals surface area contributed by atoms with Gasteiger partial charge in [0.2, 0.25) is 5.78 Å². The second-order valence-corrected chi connectivity index (χ2v) is 8.99. The average Bonchev–Trinajstić information content (AvgIpc) is 3.18. The molecule has 1 aromatic heterocycles. The molecule has 0 spiro atoms. The number of fused-ring (bicyclic) bond motifs is 1. The van der Waals surface area contributed by atoms with Gasteiger partial charge in [0, 0.05) is 23.9 Å². The molecule has 0 atom stereocenters. The Hall–Kier alpha value is -3.94. The molecule has 2 aromatic rings. The first-order valence-corrected chi connectivity index (χ1v) is 12.3. The lowest BCUT2D eigenvalue weighted by Gasteiger charge is -2.13. The second-order valence-electron chi connectivity index (χ2n) is 8.99. The van der Waals surface area contributed by atoms with E-state index >= 15 is 0 Å². The van der Waals surface area contributed by atoms with E-state index in [9.17, 15) is 4.79 Å². The van der Waals surface area contributed by atoms with Gasteiger partial charge in [-0.25, -0.2) is 0 Å². The van der Waals surface area contributed by atoms with Gasteiger partial charge in [0.1, 0.15) is 5.71 Å². The van der Waals surface area contributed by atoms with Crippen molar-refractivity contribution in [3.8, 4) is 11.3 Å². The zero-order valence-electron chi connectivity index (χ0n) is 20.7. The van der Waals surface area contributed by atoms with Crippen molar-refractivity contribution in [2.24, 2.45) is 4.99 Å². The molecule has 4 rings (SSSR count). The Morgan fingerprint density at radius 2 is 2.00 bits per heavy atom. The maximum atomic E-state index is 12.8. The van der Waals surface area contributed by atoms with E-state index in [0.29, 0.717) is 17.8 Å². The number of aliphatic imine (C=N–C) groups is 1. The third-order valence-electron chi connectivity index (χ3n) is 6.29. The Labute approximate surface area is 208 Å². The highest BCUT2D eigenvalue weighted by Gasteiger charge is 2.14. The number of aromatic nitrogens is 1. The molecule has 1 heterocycles. The lowest BCUT2D eigenvalue weighted by molar-refractivity contribution is -0.108. The zero-order chi connectivity index (χ0) is 24.8. The summed E-state index contributed by atoms with van der Waals surface area (Å²) in [5, 5.41) is 0. The van der Waals surface area contributed by atoms with Crippen LogP contribution in [0.5, 0.6) is 0 Å². The Kier molecular flexibility index (Phi) is 7.60. The fourth-order valence-electron chi connectivity index (χ4n) is 4.34. The number of aromatic amines is 1. The second kappa shape index (κ2) is 11.0. The van der Waals surface area contributed by atoms with Gasteiger partial charge in [-0.3, -0.25) is 9.79 Å². The molecule has 0 amide bonds. The monoisotopic (exact) mass is 460 g/mol. The molecule has 0 bridgehead atoms. The lowest BCUT2D eigenvalue weighted by atomic mass is 9.92. The summed E-state index contributed by atoms with van der Waals surface area (Å²) in [6, 6.07) is 10.9. The summed E-state index contributed by atoms with van der Waals surface area (Å²) in [5.74, 6) is -0.175. The van der Waals surface area contributed by atoms with E-state index < -0.39 is 0 Å². The van der Waals surface area contributed by atoms with Crippen molar-refractivity contribution in [1.82, 2.24) is 4.98 Å². The molecule has 0 saturated carbocycles. The van der Waals surface area contributed by atoms with Gasteiger partial charge in [-0.15, -0.1) is 5.73 Å². The quantitative estimate of drug-likeness (QED) is 0.185. The largest absolute Gasteiger partial charge is 0.354 e. The number of benzene rings is 1. The van der Waals surface area contributed by atoms with Crippen molar-refractivity contribution in [1.29, 1.82) is 0 Å². The molecule has 0 fully saturated rings. The van der Waals surface area contributed by atoms with Gasteiger partial charge < -0.3 is 4.98 Å². The molecular formula is C32H32N2O. The number of allylic oxidation sites excluding steroid dienone is 8. The predicted molar refractivity (Wildman–Crippen MR) is 149 cm³/mol. The molecule has 0 radical (unpaired) electrons. The maximum Gasteiger partial charge on any atom is 0.204 e. The van der Waals surface area contributed by atoms with Crippen molar-refractivity contribution in [3.63, 3.8) is 0 Å². The number of ketones is 1. The van der Waals surface area contributed by atoms with Crippen LogP contribution in [-0.4, -0.2) is 23.0 Å². The third kappa shape index (κ3) is 5.77. The minimum atomic E-state index is -0.175. The van der Waals surface area contributed by atoms with Crippen LogP contribution in [0, 0.1) is 0 Å². The van der Waals surface area contributed by atoms with Crippen LogP contribution in [0.4, 0.5) is 0 Å². The van der Waals surface area contributed by atoms with Crippen LogP contribution in [-0.2, 0) is 4.79 Å². The van der Waals surface area contributed by atoms with E-state index in [1.165, 1.54) is 36.0 Å². The van der Waals surface area contributed by atoms with Gasteiger partial charge in [0.05, 0.1) is 5.69 Å². The van der Waals surface area contributed by atoms with Crippen LogP contribution in [0.1, 0.15) is 56.4 Å². The minimum Gasteiger partial charge on any atom is -0.354 e. The molecule has 2 aliphatic carbocycles. The summed E-state index contributed by atoms with van der Waals surface area (Å²) in [7, 11) is 0. The zero-order valence-corrected chi connectivity index (χ0v) is 20.7. The molecule has 0 aliphatic heterocycles. The maximum absolute atomic E-state index is 12.8. The van der Waals surface area contributed by atoms with Gasteiger partial charge in [0.25, 0.3) is 0 Å². The predicted octanol–water partition coefficient (Wildman–Crippen LogP) is 7.92. The number of nitrogens with zero attached hydrogens (tertiary/aromatic N) is 1. The lowest BCUT2D eigenvalue weighted by Crippen LogP contribution is -2.15. The number of rotatable bonds is 8. The molecule has 0 saturated heterocycles. The Morgan fingerprint density at radius 3 is 2.74 bits per heavy atom. The number of hydrogen-bond donors (Lipinski definition) is 1. The van der Waals surface area contributed by atoms with Crippen LogP contribution in [0.25, 0.3) is 29.0 Å². The summed E-state index contributed by atoms with van der Waals surface area (Å²) in [4.78, 5) is 20.7. The highest BCUT2D eigenvalue weighted by atomic mass is 16.1. The van der Waals surface area contributed by atoms with Gasteiger partial charge in [0.15, 0.2) is 0 Å². The van der Waals surface area contributed by atoms with Crippen molar-refractivity contribution in [3.05, 3.63) is 107 Å². The van der Waals surface area contributed by atoms with Crippen LogP contribution in [0.3, 0.4) is 0 Å². The topological polar surface area (TPSA) is 45.2 Å². The van der Waals surface area contributed by atoms with Crippen LogP contribution >= 0.6 is 0 Å². The summed E-state index contributed by atoms with van der Waals surface area (Å²) in [5.41, 5.74) is 12.8. The summed E-state index contributed by atoms with van der Waals surface area (Å²) < 4.78 is 0. The molecule has 176 valence electrons. The SMILES string of the molecule is C=C(C)C(=C)C(=NCC)C(=O)/C=C/C1=Cc2cc(-c3cccc(C4=CCCCC4)c3)[nH]c2C=C=C1. The van der Waals surface area contributed by atoms with E-state index in [2.05, 4.69) is 71.3 Å². The first kappa shape index (κ1) is 24.2. The van der Waals surface area contributed by atoms with Gasteiger partial charge in [-0.2, -0.15) is 0 Å². The normalized spacial score (nSPS) is 15.4. The van der Waals surface area contributed by atoms with Crippen LogP contribution in [0.15, 0.2) is 95.2 Å². The molecule has 1 N–H and O–H groups in total. The minimum absolute atomic E-state index is 0.175. The molecule has 1 aromatic carbocycles. The standard InChI is InChI=1S/C32H32N2O/c1-5-33-32(23(4)22(2)3)31(35)18-17-24-11-9-16-29-28(19-24)21-30(34-29)27-15-10-14-26(20-27)25-12-7-6-8-13-25/h10-12,14-21,34H,2,4-8,13H2,1,3H3/b18-17+,33-32?. The Bertz CT molecular complexity index is 1360. The number of H-pyrrole nitrogens is 1. The Morgan fingerprint density at radius 1 is 1.17 bits per heavy atom. The molecule has 0 unspecified atom stereocenters. The van der Waals surface area contributed by atoms with Crippen LogP contribution < -0.4 is 0 Å². The fourth-order valence-corrected chi connectivity index (χ4v) is 4.34. The van der Waals surface area contributed by atoms with Crippen molar-refractivity contribution in [2.45, 2.75) is 39.5 Å². The summed E-state index contributed by atoms with van der Waals surface area (Å²) in [6.45, 7) is 12.1. The van der Waals surface area contributed by atoms with Gasteiger partial charge in [-0.05, 0) is 103 Å². The summed E-state index contributed by atoms with van der Waals surface area (Å²) in [6.07, 6.45) is 16.5. The van der Waals surface area contributed by atoms with E-state index in [4.69, 9.17) is 0 Å². The van der Waals surface area contributed by atoms with Crippen molar-refractivity contribution >= 4 is 29.2 Å². The van der Waals surface area contributed by atoms with E-state index in [1.807, 2.05) is 26.0 Å². The molecule has 3 nitrogen and oxygen atoms in total. The first-order chi connectivity index (χ1) is 17.0. The van der Waals surface area contributed by atoms with Gasteiger partial charge >= 0.3 is 0 Å². The average molecular weight is 461 g/mol. The third-order valence-corrected chi connectivity index (χ3v) is 6.29. The highest BCUT2D eigenvalue weighted by Crippen LogP contribution is 2.31. The Balaban J connectivity index is 1.59. The van der Waals surface area contributed by atoms with Crippen molar-refractivity contribution in [2.75, 3.05) is 6.54 Å². The molecule has 2 aliphatic rings.